The van der Waals surface area contributed by atoms with Crippen molar-refractivity contribution in [1.29, 1.82) is 0 Å². The van der Waals surface area contributed by atoms with Crippen molar-refractivity contribution in [2.24, 2.45) is 0 Å². The highest BCUT2D eigenvalue weighted by Crippen LogP contribution is 2.36. The number of anilines is 1. The molecule has 0 aliphatic carbocycles. The summed E-state index contributed by atoms with van der Waals surface area (Å²) in [5.41, 5.74) is 5.98. The summed E-state index contributed by atoms with van der Waals surface area (Å²) in [6.07, 6.45) is -0.179. The number of pyridine rings is 1. The number of hydrogen-bond acceptors (Lipinski definition) is 6. The van der Waals surface area contributed by atoms with Gasteiger partial charge < -0.3 is 5.73 Å². The van der Waals surface area contributed by atoms with Crippen molar-refractivity contribution in [2.45, 2.75) is 11.1 Å². The average molecular weight is 437 g/mol. The van der Waals surface area contributed by atoms with Crippen molar-refractivity contribution in [3.63, 3.8) is 0 Å². The number of halogens is 3. The normalized spacial score (nSPS) is 14.2. The summed E-state index contributed by atoms with van der Waals surface area (Å²) in [7, 11) is -2.33. The molecular formula is C18H14F3N5OS2. The Hall–Kier alpha value is -2.92. The van der Waals surface area contributed by atoms with E-state index in [1.54, 1.807) is 41.2 Å². The van der Waals surface area contributed by atoms with E-state index in [9.17, 15) is 17.4 Å². The standard InChI is InChI=1S/C18H14F3N5OS2/c1-29(2,27)12-5-3-10(4-6-12)14-9-24-17-26(14)25-16(28-17)11-7-13(18(19,20)21)15(22)23-8-11/h3-9H,1H2,2H3,(H2,22,23). The van der Waals surface area contributed by atoms with E-state index in [0.717, 1.165) is 23.0 Å². The van der Waals surface area contributed by atoms with Crippen molar-refractivity contribution in [1.82, 2.24) is 19.6 Å². The Morgan fingerprint density at radius 2 is 1.83 bits per heavy atom. The molecule has 11 heteroatoms. The number of hydrogen-bond donors (Lipinski definition) is 1. The van der Waals surface area contributed by atoms with Crippen LogP contribution in [0.4, 0.5) is 19.0 Å². The molecule has 0 fully saturated rings. The molecule has 0 aliphatic rings. The van der Waals surface area contributed by atoms with Gasteiger partial charge in [0.05, 0.1) is 17.5 Å². The van der Waals surface area contributed by atoms with Crippen molar-refractivity contribution in [3.8, 4) is 21.8 Å². The van der Waals surface area contributed by atoms with Crippen LogP contribution in [0.1, 0.15) is 5.56 Å². The minimum Gasteiger partial charge on any atom is -0.383 e. The van der Waals surface area contributed by atoms with E-state index in [0.29, 0.717) is 20.6 Å². The first-order chi connectivity index (χ1) is 13.5. The van der Waals surface area contributed by atoms with Gasteiger partial charge in [-0.25, -0.2) is 14.5 Å². The molecule has 2 N–H and O–H groups in total. The molecule has 29 heavy (non-hydrogen) atoms. The van der Waals surface area contributed by atoms with Crippen LogP contribution in [0, 0.1) is 0 Å². The molecule has 4 aromatic rings. The Labute approximate surface area is 167 Å². The van der Waals surface area contributed by atoms with Gasteiger partial charge >= 0.3 is 6.18 Å². The van der Waals surface area contributed by atoms with Gasteiger partial charge in [0.1, 0.15) is 10.8 Å². The molecule has 0 bridgehead atoms. The van der Waals surface area contributed by atoms with Gasteiger partial charge in [-0.1, -0.05) is 23.5 Å². The molecule has 3 heterocycles. The molecular weight excluding hydrogens is 423 g/mol. The molecule has 1 unspecified atom stereocenters. The number of aromatic nitrogens is 4. The van der Waals surface area contributed by atoms with E-state index in [2.05, 4.69) is 20.9 Å². The van der Waals surface area contributed by atoms with Crippen LogP contribution in [-0.4, -0.2) is 35.9 Å². The van der Waals surface area contributed by atoms with Crippen molar-refractivity contribution >= 4 is 37.5 Å². The molecule has 4 rings (SSSR count). The molecule has 150 valence electrons. The van der Waals surface area contributed by atoms with Crippen molar-refractivity contribution in [3.05, 3.63) is 48.3 Å². The second kappa shape index (κ2) is 6.56. The number of nitrogens with two attached hydrogens (primary N) is 1. The van der Waals surface area contributed by atoms with Crippen LogP contribution in [-0.2, 0) is 15.7 Å². The number of rotatable bonds is 3. The van der Waals surface area contributed by atoms with E-state index in [1.165, 1.54) is 6.20 Å². The first-order valence-electron chi connectivity index (χ1n) is 8.14. The van der Waals surface area contributed by atoms with Gasteiger partial charge in [-0.15, -0.1) is 0 Å². The van der Waals surface area contributed by atoms with Crippen molar-refractivity contribution < 1.29 is 17.4 Å². The maximum atomic E-state index is 13.1. The number of nitrogen functional groups attached to an aromatic ring is 1. The van der Waals surface area contributed by atoms with Gasteiger partial charge in [0.2, 0.25) is 4.96 Å². The van der Waals surface area contributed by atoms with Crippen LogP contribution in [0.5, 0.6) is 0 Å². The van der Waals surface area contributed by atoms with Gasteiger partial charge in [-0.2, -0.15) is 18.3 Å². The van der Waals surface area contributed by atoms with Gasteiger partial charge in [0, 0.05) is 28.5 Å². The fourth-order valence-electron chi connectivity index (χ4n) is 2.74. The highest BCUT2D eigenvalue weighted by Gasteiger charge is 2.34. The second-order valence-electron chi connectivity index (χ2n) is 6.43. The lowest BCUT2D eigenvalue weighted by Crippen LogP contribution is -2.10. The summed E-state index contributed by atoms with van der Waals surface area (Å²) in [6.45, 7) is 0. The van der Waals surface area contributed by atoms with E-state index >= 15 is 0 Å². The largest absolute Gasteiger partial charge is 0.419 e. The monoisotopic (exact) mass is 437 g/mol. The topological polar surface area (TPSA) is 86.2 Å². The highest BCUT2D eigenvalue weighted by atomic mass is 32.2. The summed E-state index contributed by atoms with van der Waals surface area (Å²) in [6, 6.07) is 7.92. The Morgan fingerprint density at radius 3 is 2.45 bits per heavy atom. The molecule has 0 saturated heterocycles. The predicted octanol–water partition coefficient (Wildman–Crippen LogP) is 3.83. The Morgan fingerprint density at radius 1 is 1.14 bits per heavy atom. The molecule has 0 amide bonds. The predicted molar refractivity (Wildman–Crippen MR) is 108 cm³/mol. The van der Waals surface area contributed by atoms with Crippen LogP contribution in [0.2, 0.25) is 0 Å². The van der Waals surface area contributed by atoms with Crippen molar-refractivity contribution in [2.75, 3.05) is 12.0 Å². The molecule has 0 saturated carbocycles. The zero-order valence-corrected chi connectivity index (χ0v) is 16.6. The van der Waals surface area contributed by atoms with Crippen LogP contribution in [0.3, 0.4) is 0 Å². The second-order valence-corrected chi connectivity index (χ2v) is 9.87. The fraction of sp³-hybridized carbons (Fsp3) is 0.111. The third kappa shape index (κ3) is 3.58. The quantitative estimate of drug-likeness (QED) is 0.493. The third-order valence-electron chi connectivity index (χ3n) is 4.20. The van der Waals surface area contributed by atoms with Gasteiger partial charge in [0.25, 0.3) is 0 Å². The Balaban J connectivity index is 1.77. The molecule has 3 aromatic heterocycles. The zero-order chi connectivity index (χ0) is 21.0. The minimum absolute atomic E-state index is 0.200. The smallest absolute Gasteiger partial charge is 0.383 e. The molecule has 0 aliphatic heterocycles. The van der Waals surface area contributed by atoms with E-state index < -0.39 is 27.1 Å². The summed E-state index contributed by atoms with van der Waals surface area (Å²) in [4.78, 5) is 9.07. The van der Waals surface area contributed by atoms with Crippen LogP contribution in [0.25, 0.3) is 26.8 Å². The molecule has 0 spiro atoms. The number of alkyl halides is 3. The lowest BCUT2D eigenvalue weighted by atomic mass is 10.2. The Kier molecular flexibility index (Phi) is 4.39. The first kappa shape index (κ1) is 19.4. The molecule has 1 aromatic carbocycles. The molecule has 6 nitrogen and oxygen atoms in total. The maximum absolute atomic E-state index is 13.1. The fourth-order valence-corrected chi connectivity index (χ4v) is 4.31. The average Bonchev–Trinajstić information content (AvgIpc) is 3.21. The third-order valence-corrected chi connectivity index (χ3v) is 6.45. The van der Waals surface area contributed by atoms with Gasteiger partial charge in [0.15, 0.2) is 0 Å². The summed E-state index contributed by atoms with van der Waals surface area (Å²) >= 11 is 1.14. The number of benzene rings is 1. The summed E-state index contributed by atoms with van der Waals surface area (Å²) in [5.74, 6) is 3.07. The Bertz CT molecular complexity index is 1320. The van der Waals surface area contributed by atoms with Gasteiger partial charge in [-0.3, -0.25) is 4.21 Å². The van der Waals surface area contributed by atoms with Gasteiger partial charge in [-0.05, 0) is 33.6 Å². The number of imidazole rings is 1. The highest BCUT2D eigenvalue weighted by molar-refractivity contribution is 7.99. The number of nitrogens with zero attached hydrogens (tertiary/aromatic N) is 4. The first-order valence-corrected chi connectivity index (χ1v) is 11.1. The maximum Gasteiger partial charge on any atom is 0.419 e. The summed E-state index contributed by atoms with van der Waals surface area (Å²) < 4.78 is 52.9. The van der Waals surface area contributed by atoms with Crippen LogP contribution >= 0.6 is 11.3 Å². The lowest BCUT2D eigenvalue weighted by molar-refractivity contribution is -0.137. The zero-order valence-electron chi connectivity index (χ0n) is 15.0. The molecule has 0 radical (unpaired) electrons. The summed E-state index contributed by atoms with van der Waals surface area (Å²) in [5, 5.41) is 4.73. The molecule has 1 atom stereocenters. The van der Waals surface area contributed by atoms with E-state index in [-0.39, 0.29) is 5.56 Å². The van der Waals surface area contributed by atoms with E-state index in [1.807, 2.05) is 0 Å². The SMILES string of the molecule is C=S(C)(=O)c1ccc(-c2cnc3sc(-c4cnc(N)c(C(F)(F)F)c4)nn23)cc1. The van der Waals surface area contributed by atoms with E-state index in [4.69, 9.17) is 5.73 Å². The number of fused-ring (bicyclic) bond motifs is 1. The van der Waals surface area contributed by atoms with Crippen LogP contribution in [0.15, 0.2) is 47.6 Å². The minimum atomic E-state index is -4.61. The van der Waals surface area contributed by atoms with Crippen LogP contribution < -0.4 is 5.73 Å². The lowest BCUT2D eigenvalue weighted by Gasteiger charge is -2.09.